The van der Waals surface area contributed by atoms with Crippen LogP contribution in [0, 0.1) is 11.6 Å². The summed E-state index contributed by atoms with van der Waals surface area (Å²) < 4.78 is 32.2. The number of halogens is 2. The zero-order valence-corrected chi connectivity index (χ0v) is 15.3. The van der Waals surface area contributed by atoms with Gasteiger partial charge in [0, 0.05) is 6.07 Å². The van der Waals surface area contributed by atoms with Crippen molar-refractivity contribution >= 4 is 23.2 Å². The second-order valence-corrected chi connectivity index (χ2v) is 7.37. The minimum Gasteiger partial charge on any atom is -0.482 e. The molecule has 2 amide bonds. The molecule has 5 nitrogen and oxygen atoms in total. The molecule has 0 aromatic heterocycles. The number of amides is 2. The molecule has 0 radical (unpaired) electrons. The molecule has 0 saturated carbocycles. The molecular weight excluding hydrogens is 354 g/mol. The van der Waals surface area contributed by atoms with Crippen LogP contribution in [0.3, 0.4) is 0 Å². The van der Waals surface area contributed by atoms with Crippen molar-refractivity contribution in [1.82, 2.24) is 0 Å². The van der Waals surface area contributed by atoms with Gasteiger partial charge in [-0.15, -0.1) is 0 Å². The van der Waals surface area contributed by atoms with Gasteiger partial charge in [-0.3, -0.25) is 14.5 Å². The van der Waals surface area contributed by atoms with Crippen LogP contribution in [0.25, 0.3) is 0 Å². The summed E-state index contributed by atoms with van der Waals surface area (Å²) in [5, 5.41) is 2.36. The molecule has 0 unspecified atom stereocenters. The van der Waals surface area contributed by atoms with E-state index in [1.807, 2.05) is 12.1 Å². The van der Waals surface area contributed by atoms with Crippen LogP contribution in [0.1, 0.15) is 26.3 Å². The fourth-order valence-corrected chi connectivity index (χ4v) is 2.77. The average molecular weight is 374 g/mol. The molecule has 142 valence electrons. The smallest absolute Gasteiger partial charge is 0.265 e. The zero-order valence-electron chi connectivity index (χ0n) is 15.3. The van der Waals surface area contributed by atoms with E-state index >= 15 is 0 Å². The lowest BCUT2D eigenvalue weighted by molar-refractivity contribution is -0.123. The predicted molar refractivity (Wildman–Crippen MR) is 98.0 cm³/mol. The van der Waals surface area contributed by atoms with E-state index in [0.29, 0.717) is 17.5 Å². The Labute approximate surface area is 155 Å². The molecule has 0 fully saturated rings. The quantitative estimate of drug-likeness (QED) is 0.893. The molecule has 7 heteroatoms. The van der Waals surface area contributed by atoms with E-state index in [2.05, 4.69) is 26.1 Å². The van der Waals surface area contributed by atoms with Crippen molar-refractivity contribution in [2.45, 2.75) is 26.2 Å². The van der Waals surface area contributed by atoms with E-state index < -0.39 is 17.5 Å². The maximum Gasteiger partial charge on any atom is 0.265 e. The van der Waals surface area contributed by atoms with Crippen LogP contribution in [0.2, 0.25) is 0 Å². The van der Waals surface area contributed by atoms with Gasteiger partial charge in [-0.1, -0.05) is 26.8 Å². The SMILES string of the molecule is CC(C)(C)c1ccc2c(c1)OCC(=O)N2CC(=O)Nc1ccc(F)cc1F. The summed E-state index contributed by atoms with van der Waals surface area (Å²) in [6.45, 7) is 5.70. The van der Waals surface area contributed by atoms with Crippen LogP contribution in [-0.4, -0.2) is 25.0 Å². The first kappa shape index (κ1) is 18.8. The average Bonchev–Trinajstić information content (AvgIpc) is 2.59. The first-order valence-electron chi connectivity index (χ1n) is 8.48. The summed E-state index contributed by atoms with van der Waals surface area (Å²) in [5.41, 5.74) is 1.27. The van der Waals surface area contributed by atoms with Crippen LogP contribution >= 0.6 is 0 Å². The molecule has 0 spiro atoms. The molecule has 1 heterocycles. The number of fused-ring (bicyclic) bond motifs is 1. The molecule has 27 heavy (non-hydrogen) atoms. The normalized spacial score (nSPS) is 13.8. The fraction of sp³-hybridized carbons (Fsp3) is 0.300. The molecule has 1 N–H and O–H groups in total. The Morgan fingerprint density at radius 2 is 1.93 bits per heavy atom. The summed E-state index contributed by atoms with van der Waals surface area (Å²) in [7, 11) is 0. The van der Waals surface area contributed by atoms with Crippen LogP contribution in [0.15, 0.2) is 36.4 Å². The lowest BCUT2D eigenvalue weighted by Crippen LogP contribution is -2.43. The summed E-state index contributed by atoms with van der Waals surface area (Å²) in [6.07, 6.45) is 0. The largest absolute Gasteiger partial charge is 0.482 e. The van der Waals surface area contributed by atoms with Gasteiger partial charge in [0.25, 0.3) is 5.91 Å². The van der Waals surface area contributed by atoms with Gasteiger partial charge in [-0.25, -0.2) is 8.78 Å². The van der Waals surface area contributed by atoms with Crippen LogP contribution in [-0.2, 0) is 15.0 Å². The third kappa shape index (κ3) is 4.07. The number of nitrogens with zero attached hydrogens (tertiary/aromatic N) is 1. The van der Waals surface area contributed by atoms with Gasteiger partial charge < -0.3 is 10.1 Å². The van der Waals surface area contributed by atoms with Gasteiger partial charge in [0.2, 0.25) is 5.91 Å². The topological polar surface area (TPSA) is 58.6 Å². The highest BCUT2D eigenvalue weighted by atomic mass is 19.1. The minimum absolute atomic E-state index is 0.0951. The Bertz CT molecular complexity index is 907. The third-order valence-corrected chi connectivity index (χ3v) is 4.28. The molecule has 1 aliphatic rings. The van der Waals surface area contributed by atoms with Gasteiger partial charge in [0.05, 0.1) is 11.4 Å². The third-order valence-electron chi connectivity index (χ3n) is 4.28. The van der Waals surface area contributed by atoms with E-state index in [0.717, 1.165) is 17.7 Å². The number of hydrogen-bond donors (Lipinski definition) is 1. The minimum atomic E-state index is -0.883. The van der Waals surface area contributed by atoms with Gasteiger partial charge in [0.1, 0.15) is 23.9 Å². The number of rotatable bonds is 3. The van der Waals surface area contributed by atoms with E-state index in [1.165, 1.54) is 4.90 Å². The van der Waals surface area contributed by atoms with Crippen LogP contribution in [0.4, 0.5) is 20.2 Å². The number of carbonyl (C=O) groups is 2. The van der Waals surface area contributed by atoms with E-state index in [9.17, 15) is 18.4 Å². The Kier molecular flexibility index (Phi) is 4.87. The van der Waals surface area contributed by atoms with Crippen LogP contribution in [0.5, 0.6) is 5.75 Å². The molecule has 2 aromatic rings. The van der Waals surface area contributed by atoms with Crippen molar-refractivity contribution in [3.8, 4) is 5.75 Å². The summed E-state index contributed by atoms with van der Waals surface area (Å²) >= 11 is 0. The second-order valence-electron chi connectivity index (χ2n) is 7.37. The van der Waals surface area contributed by atoms with Crippen molar-refractivity contribution in [3.05, 3.63) is 53.6 Å². The Balaban J connectivity index is 1.80. The fourth-order valence-electron chi connectivity index (χ4n) is 2.77. The molecule has 0 atom stereocenters. The first-order valence-corrected chi connectivity index (χ1v) is 8.48. The Morgan fingerprint density at radius 1 is 1.19 bits per heavy atom. The van der Waals surface area contributed by atoms with Crippen LogP contribution < -0.4 is 15.0 Å². The Hall–Kier alpha value is -2.96. The van der Waals surface area contributed by atoms with Crippen molar-refractivity contribution in [1.29, 1.82) is 0 Å². The monoisotopic (exact) mass is 374 g/mol. The zero-order chi connectivity index (χ0) is 19.8. The molecule has 3 rings (SSSR count). The highest BCUT2D eigenvalue weighted by molar-refractivity contribution is 6.05. The van der Waals surface area contributed by atoms with Crippen molar-refractivity contribution in [3.63, 3.8) is 0 Å². The first-order chi connectivity index (χ1) is 12.6. The summed E-state index contributed by atoms with van der Waals surface area (Å²) in [6, 6.07) is 8.32. The molecule has 0 aliphatic carbocycles. The molecule has 2 aromatic carbocycles. The van der Waals surface area contributed by atoms with E-state index in [1.54, 1.807) is 6.07 Å². The van der Waals surface area contributed by atoms with Gasteiger partial charge >= 0.3 is 0 Å². The number of hydrogen-bond acceptors (Lipinski definition) is 3. The number of ether oxygens (including phenoxy) is 1. The van der Waals surface area contributed by atoms with Crippen molar-refractivity contribution in [2.24, 2.45) is 0 Å². The predicted octanol–water partition coefficient (Wildman–Crippen LogP) is 3.63. The second kappa shape index (κ2) is 6.98. The number of carbonyl (C=O) groups excluding carboxylic acids is 2. The number of anilines is 2. The maximum atomic E-state index is 13.7. The number of nitrogens with one attached hydrogen (secondary N) is 1. The molecule has 0 bridgehead atoms. The molecule has 0 saturated heterocycles. The van der Waals surface area contributed by atoms with Crippen molar-refractivity contribution in [2.75, 3.05) is 23.4 Å². The highest BCUT2D eigenvalue weighted by Gasteiger charge is 2.29. The highest BCUT2D eigenvalue weighted by Crippen LogP contribution is 2.36. The number of benzene rings is 2. The lowest BCUT2D eigenvalue weighted by atomic mass is 9.86. The Morgan fingerprint density at radius 3 is 2.59 bits per heavy atom. The molecular formula is C20H20F2N2O3. The lowest BCUT2D eigenvalue weighted by Gasteiger charge is -2.30. The van der Waals surface area contributed by atoms with E-state index in [-0.39, 0.29) is 30.2 Å². The van der Waals surface area contributed by atoms with Gasteiger partial charge in [-0.05, 0) is 35.2 Å². The van der Waals surface area contributed by atoms with E-state index in [4.69, 9.17) is 4.74 Å². The maximum absolute atomic E-state index is 13.7. The summed E-state index contributed by atoms with van der Waals surface area (Å²) in [4.78, 5) is 25.8. The summed E-state index contributed by atoms with van der Waals surface area (Å²) in [5.74, 6) is -2.07. The molecule has 1 aliphatic heterocycles. The van der Waals surface area contributed by atoms with Crippen molar-refractivity contribution < 1.29 is 23.1 Å². The van der Waals surface area contributed by atoms with Gasteiger partial charge in [0.15, 0.2) is 6.61 Å². The van der Waals surface area contributed by atoms with Gasteiger partial charge in [-0.2, -0.15) is 0 Å². The standard InChI is InChI=1S/C20H20F2N2O3/c1-20(2,3)12-4-7-16-17(8-12)27-11-19(26)24(16)10-18(25)23-15-6-5-13(21)9-14(15)22/h4-9H,10-11H2,1-3H3,(H,23,25).